The maximum absolute atomic E-state index is 10.0. The second-order valence-corrected chi connectivity index (χ2v) is 12.7. The van der Waals surface area contributed by atoms with Crippen LogP contribution in [0.2, 0.25) is 0 Å². The van der Waals surface area contributed by atoms with E-state index in [1.165, 1.54) is 11.1 Å². The van der Waals surface area contributed by atoms with E-state index in [0.29, 0.717) is 44.1 Å². The lowest BCUT2D eigenvalue weighted by Crippen LogP contribution is -3.00. The average molecular weight is 1240 g/mol. The van der Waals surface area contributed by atoms with Crippen molar-refractivity contribution in [2.45, 2.75) is 38.5 Å². The van der Waals surface area contributed by atoms with Crippen molar-refractivity contribution in [2.24, 2.45) is 0 Å². The fourth-order valence-corrected chi connectivity index (χ4v) is 5.09. The van der Waals surface area contributed by atoms with Gasteiger partial charge in [0, 0.05) is 86.7 Å². The van der Waals surface area contributed by atoms with Crippen molar-refractivity contribution in [3.05, 3.63) is 88.0 Å². The number of phenols is 2. The van der Waals surface area contributed by atoms with Crippen LogP contribution in [0.4, 0.5) is 0 Å². The zero-order chi connectivity index (χ0) is 40.9. The van der Waals surface area contributed by atoms with Crippen LogP contribution in [-0.4, -0.2) is 120 Å². The second-order valence-electron chi connectivity index (χ2n) is 11.6. The molecule has 0 aromatic heterocycles. The molecule has 324 valence electrons. The van der Waals surface area contributed by atoms with Gasteiger partial charge in [0.05, 0.1) is 19.8 Å². The Kier molecular flexibility index (Phi) is 42.9. The van der Waals surface area contributed by atoms with E-state index in [9.17, 15) is 19.8 Å². The highest BCUT2D eigenvalue weighted by Crippen LogP contribution is 2.28. The van der Waals surface area contributed by atoms with Crippen LogP contribution in [0.5, 0.6) is 17.2 Å². The molecule has 19 heteroatoms. The SMILES string of the molecule is C[N+](C)=COCCc1cccc(O)c1CCOC=[N+](C)C.ClCCc1cccc2c1CCO2.I.II.O=C(Cl)C(=O)Cl.OCCc1cccc(O)c1CCO.[Cl-].[Cl-]. The number of rotatable bonds is 15. The van der Waals surface area contributed by atoms with Crippen LogP contribution in [0.15, 0.2) is 54.6 Å². The molecule has 1 aliphatic heterocycles. The van der Waals surface area contributed by atoms with E-state index in [1.807, 2.05) is 67.7 Å². The number of carbonyl (C=O) groups excluding carboxylic acids is 2. The van der Waals surface area contributed by atoms with Crippen LogP contribution >= 0.6 is 96.0 Å². The van der Waals surface area contributed by atoms with Crippen LogP contribution in [0, 0.1) is 0 Å². The number of alkyl halides is 1. The summed E-state index contributed by atoms with van der Waals surface area (Å²) in [5.41, 5.74) is 6.36. The van der Waals surface area contributed by atoms with Crippen molar-refractivity contribution >= 4 is 119 Å². The Hall–Kier alpha value is -1.10. The van der Waals surface area contributed by atoms with Gasteiger partial charge in [0.15, 0.2) is 0 Å². The summed E-state index contributed by atoms with van der Waals surface area (Å²) in [7, 11) is 7.64. The van der Waals surface area contributed by atoms with Crippen molar-refractivity contribution in [1.82, 2.24) is 0 Å². The molecule has 1 heterocycles. The van der Waals surface area contributed by atoms with Gasteiger partial charge in [0.2, 0.25) is 0 Å². The van der Waals surface area contributed by atoms with Gasteiger partial charge in [-0.3, -0.25) is 9.59 Å². The van der Waals surface area contributed by atoms with Crippen molar-refractivity contribution in [3.8, 4) is 17.2 Å². The molecule has 11 nitrogen and oxygen atoms in total. The highest BCUT2D eigenvalue weighted by Gasteiger charge is 2.14. The average Bonchev–Trinajstić information content (AvgIpc) is 3.63. The monoisotopic (exact) mass is 1240 g/mol. The fraction of sp³-hybridized carbons (Fsp3) is 0.421. The number of phenolic OH excluding ortho intramolecular Hbond substituents is 2. The van der Waals surface area contributed by atoms with Gasteiger partial charge in [0.1, 0.15) is 45.4 Å². The Morgan fingerprint density at radius 2 is 1.16 bits per heavy atom. The molecule has 0 radical (unpaired) electrons. The standard InChI is InChI=1S/C16H25N2O3.C10H11ClO.C10H14O3.C2Cl2O2.2ClH.I2.HI/c1-17(2)12-20-10-8-14-6-5-7-16(19)15(14)9-11-21-13-18(3)4;11-6-4-8-2-1-3-10-9(8)5-7-12-10;11-6-4-8-2-1-3-10(13)9(8)5-7-12;3-1(5)2(4)6;;;1-2;/h5-7,12-13H,8-11H2,1-4H3;1-3H,4-7H2;1-3,11-13H,4-7H2;;2*1H;;1H/q+1;;;;;;;/p-1. The molecular formula is C38H52Cl5I3N2O9. The molecule has 3 aromatic rings. The molecule has 0 saturated heterocycles. The molecule has 0 atom stereocenters. The number of benzene rings is 3. The normalized spacial score (nSPS) is 9.88. The van der Waals surface area contributed by atoms with E-state index in [4.69, 9.17) is 36.0 Å². The van der Waals surface area contributed by atoms with Crippen LogP contribution in [0.1, 0.15) is 33.4 Å². The van der Waals surface area contributed by atoms with Gasteiger partial charge in [0.25, 0.3) is 0 Å². The lowest BCUT2D eigenvalue weighted by Gasteiger charge is -2.10. The molecule has 0 spiro atoms. The largest absolute Gasteiger partial charge is 1.00 e. The summed E-state index contributed by atoms with van der Waals surface area (Å²) in [5.74, 6) is 2.26. The lowest BCUT2D eigenvalue weighted by atomic mass is 10.0. The summed E-state index contributed by atoms with van der Waals surface area (Å²) in [5, 5.41) is 34.7. The van der Waals surface area contributed by atoms with E-state index >= 15 is 0 Å². The summed E-state index contributed by atoms with van der Waals surface area (Å²) in [6.45, 7) is 2.01. The highest BCUT2D eigenvalue weighted by molar-refractivity contribution is 15.0. The molecule has 0 amide bonds. The number of nitrogens with zero attached hydrogens (tertiary/aromatic N) is 2. The fourth-order valence-electron chi connectivity index (χ4n) is 4.88. The van der Waals surface area contributed by atoms with Crippen molar-refractivity contribution in [1.29, 1.82) is 0 Å². The summed E-state index contributed by atoms with van der Waals surface area (Å²) in [4.78, 5) is 18.9. The predicted octanol–water partition coefficient (Wildman–Crippen LogP) is 0.890. The van der Waals surface area contributed by atoms with Crippen LogP contribution in [0.25, 0.3) is 0 Å². The lowest BCUT2D eigenvalue weighted by molar-refractivity contribution is -0.468. The summed E-state index contributed by atoms with van der Waals surface area (Å²) in [6.07, 6.45) is 7.71. The van der Waals surface area contributed by atoms with Gasteiger partial charge >= 0.3 is 23.3 Å². The smallest absolute Gasteiger partial charge is 0.323 e. The molecule has 1 aliphatic rings. The van der Waals surface area contributed by atoms with E-state index in [1.54, 1.807) is 31.0 Å². The Balaban J connectivity index is -0.000000340. The molecule has 4 rings (SSSR count). The number of aromatic hydroxyl groups is 2. The van der Waals surface area contributed by atoms with Crippen molar-refractivity contribution in [2.75, 3.05) is 67.1 Å². The summed E-state index contributed by atoms with van der Waals surface area (Å²) in [6, 6.07) is 17.0. The third-order valence-electron chi connectivity index (χ3n) is 7.13. The zero-order valence-electron chi connectivity index (χ0n) is 32.1. The number of hydrogen-bond donors (Lipinski definition) is 4. The quantitative estimate of drug-likeness (QED) is 0.0255. The zero-order valence-corrected chi connectivity index (χ0v) is 42.5. The Morgan fingerprint density at radius 1 is 0.719 bits per heavy atom. The third kappa shape index (κ3) is 28.1. The maximum atomic E-state index is 10.0. The van der Waals surface area contributed by atoms with E-state index in [2.05, 4.69) is 66.5 Å². The number of carbonyl (C=O) groups is 2. The number of fused-ring (bicyclic) bond motifs is 1. The molecule has 3 aromatic carbocycles. The first kappa shape index (κ1) is 62.5. The minimum absolute atomic E-state index is 0. The summed E-state index contributed by atoms with van der Waals surface area (Å²) < 4.78 is 20.0. The molecule has 0 saturated carbocycles. The molecule has 0 fully saturated rings. The minimum atomic E-state index is -1.14. The molecule has 57 heavy (non-hydrogen) atoms. The molecule has 4 N–H and O–H groups in total. The van der Waals surface area contributed by atoms with Crippen LogP contribution in [-0.2, 0) is 57.6 Å². The third-order valence-corrected chi connectivity index (χ3v) is 7.76. The molecular weight excluding hydrogens is 1190 g/mol. The van der Waals surface area contributed by atoms with E-state index < -0.39 is 10.5 Å². The number of ether oxygens (including phenoxy) is 3. The Bertz CT molecular complexity index is 1600. The molecule has 0 bridgehead atoms. The van der Waals surface area contributed by atoms with Crippen LogP contribution < -0.4 is 29.6 Å². The second kappa shape index (κ2) is 39.1. The first-order chi connectivity index (χ1) is 25.9. The maximum Gasteiger partial charge on any atom is 0.323 e. The van der Waals surface area contributed by atoms with Crippen molar-refractivity contribution in [3.63, 3.8) is 0 Å². The van der Waals surface area contributed by atoms with Gasteiger partial charge in [-0.25, -0.2) is 9.15 Å². The first-order valence-electron chi connectivity index (χ1n) is 16.7. The predicted molar refractivity (Wildman–Crippen MR) is 249 cm³/mol. The van der Waals surface area contributed by atoms with Gasteiger partial charge in [-0.15, -0.1) is 35.6 Å². The van der Waals surface area contributed by atoms with Gasteiger partial charge in [-0.05, 0) is 82.9 Å². The number of aliphatic hydroxyl groups is 2. The number of aryl methyl sites for hydroxylation is 1. The van der Waals surface area contributed by atoms with Gasteiger partial charge < -0.3 is 59.5 Å². The van der Waals surface area contributed by atoms with Gasteiger partial charge in [-0.1, -0.05) is 36.4 Å². The molecule has 0 unspecified atom stereocenters. The minimum Gasteiger partial charge on any atom is -1.00 e. The van der Waals surface area contributed by atoms with E-state index in [0.717, 1.165) is 53.9 Å². The Labute approximate surface area is 404 Å². The number of aliphatic hydroxyl groups excluding tert-OH is 2. The number of hydrogen-bond acceptors (Lipinski definition) is 9. The van der Waals surface area contributed by atoms with Gasteiger partial charge in [-0.2, -0.15) is 0 Å². The molecule has 0 aliphatic carbocycles. The topological polar surface area (TPSA) is 149 Å². The highest BCUT2D eigenvalue weighted by atomic mass is 128. The van der Waals surface area contributed by atoms with E-state index in [-0.39, 0.29) is 67.8 Å². The summed E-state index contributed by atoms with van der Waals surface area (Å²) >= 11 is 18.9. The van der Waals surface area contributed by atoms with Crippen molar-refractivity contribution < 1.29 is 78.2 Å². The first-order valence-corrected chi connectivity index (χ1v) is 24.3. The van der Waals surface area contributed by atoms with Crippen LogP contribution in [0.3, 0.4) is 0 Å². The number of halogens is 8. The Morgan fingerprint density at radius 3 is 1.61 bits per heavy atom.